The van der Waals surface area contributed by atoms with Gasteiger partial charge in [-0.2, -0.15) is 0 Å². The SMILES string of the molecule is CCNC(=O)N1CCC(C(=O)N(C)C(c2ccccc2)c2ccccn2)CC1. The smallest absolute Gasteiger partial charge is 0.317 e. The van der Waals surface area contributed by atoms with Crippen molar-refractivity contribution >= 4 is 11.9 Å². The molecule has 2 heterocycles. The van der Waals surface area contributed by atoms with E-state index < -0.39 is 0 Å². The van der Waals surface area contributed by atoms with Gasteiger partial charge in [0.15, 0.2) is 0 Å². The summed E-state index contributed by atoms with van der Waals surface area (Å²) in [4.78, 5) is 33.4. The standard InChI is InChI=1S/C22H28N4O2/c1-3-23-22(28)26-15-12-18(13-16-26)21(27)25(2)20(17-9-5-4-6-10-17)19-11-7-8-14-24-19/h4-11,14,18,20H,3,12-13,15-16H2,1-2H3,(H,23,28). The molecule has 1 aliphatic rings. The van der Waals surface area contributed by atoms with E-state index >= 15 is 0 Å². The van der Waals surface area contributed by atoms with Crippen LogP contribution in [0.4, 0.5) is 4.79 Å². The van der Waals surface area contributed by atoms with Crippen molar-refractivity contribution in [3.63, 3.8) is 0 Å². The second-order valence-electron chi connectivity index (χ2n) is 7.11. The number of nitrogens with zero attached hydrogens (tertiary/aromatic N) is 3. The summed E-state index contributed by atoms with van der Waals surface area (Å²) in [6.07, 6.45) is 3.13. The fourth-order valence-corrected chi connectivity index (χ4v) is 3.77. The minimum Gasteiger partial charge on any atom is -0.338 e. The molecule has 1 aromatic carbocycles. The normalized spacial score (nSPS) is 15.7. The Morgan fingerprint density at radius 3 is 2.43 bits per heavy atom. The number of nitrogens with one attached hydrogen (secondary N) is 1. The third-order valence-electron chi connectivity index (χ3n) is 5.28. The van der Waals surface area contributed by atoms with Crippen molar-refractivity contribution in [1.82, 2.24) is 20.1 Å². The van der Waals surface area contributed by atoms with Crippen LogP contribution in [0.15, 0.2) is 54.7 Å². The molecule has 1 fully saturated rings. The Kier molecular flexibility index (Phi) is 6.63. The summed E-state index contributed by atoms with van der Waals surface area (Å²) in [7, 11) is 1.85. The Morgan fingerprint density at radius 1 is 1.14 bits per heavy atom. The molecule has 3 amide bonds. The minimum absolute atomic E-state index is 0.0441. The summed E-state index contributed by atoms with van der Waals surface area (Å²) < 4.78 is 0. The van der Waals surface area contributed by atoms with Gasteiger partial charge in [-0.15, -0.1) is 0 Å². The first kappa shape index (κ1) is 19.9. The highest BCUT2D eigenvalue weighted by Crippen LogP contribution is 2.29. The fourth-order valence-electron chi connectivity index (χ4n) is 3.77. The molecule has 1 N–H and O–H groups in total. The summed E-state index contributed by atoms with van der Waals surface area (Å²) in [6, 6.07) is 15.5. The zero-order valence-corrected chi connectivity index (χ0v) is 16.5. The van der Waals surface area contributed by atoms with Crippen molar-refractivity contribution in [2.45, 2.75) is 25.8 Å². The number of aromatic nitrogens is 1. The molecule has 0 bridgehead atoms. The van der Waals surface area contributed by atoms with Crippen LogP contribution in [0, 0.1) is 5.92 Å². The molecule has 3 rings (SSSR count). The van der Waals surface area contributed by atoms with Gasteiger partial charge in [-0.25, -0.2) is 4.79 Å². The third kappa shape index (κ3) is 4.50. The molecule has 1 atom stereocenters. The quantitative estimate of drug-likeness (QED) is 0.867. The fraction of sp³-hybridized carbons (Fsp3) is 0.409. The molecule has 2 aromatic rings. The van der Waals surface area contributed by atoms with E-state index in [-0.39, 0.29) is 23.9 Å². The van der Waals surface area contributed by atoms with Crippen LogP contribution in [-0.4, -0.2) is 53.4 Å². The molecule has 28 heavy (non-hydrogen) atoms. The highest BCUT2D eigenvalue weighted by molar-refractivity contribution is 5.80. The minimum atomic E-state index is -0.226. The Hall–Kier alpha value is -2.89. The first-order chi connectivity index (χ1) is 13.6. The molecule has 0 spiro atoms. The average molecular weight is 380 g/mol. The van der Waals surface area contributed by atoms with E-state index in [1.165, 1.54) is 0 Å². The Morgan fingerprint density at radius 2 is 1.82 bits per heavy atom. The summed E-state index contributed by atoms with van der Waals surface area (Å²) in [5.41, 5.74) is 1.89. The first-order valence-corrected chi connectivity index (χ1v) is 9.87. The number of hydrogen-bond donors (Lipinski definition) is 1. The average Bonchev–Trinajstić information content (AvgIpc) is 2.75. The van der Waals surface area contributed by atoms with Gasteiger partial charge in [0.1, 0.15) is 0 Å². The number of rotatable bonds is 5. The second kappa shape index (κ2) is 9.35. The van der Waals surface area contributed by atoms with E-state index in [4.69, 9.17) is 0 Å². The molecule has 1 aliphatic heterocycles. The monoisotopic (exact) mass is 380 g/mol. The largest absolute Gasteiger partial charge is 0.338 e. The van der Waals surface area contributed by atoms with Gasteiger partial charge in [-0.1, -0.05) is 36.4 Å². The lowest BCUT2D eigenvalue weighted by Gasteiger charge is -2.35. The summed E-state index contributed by atoms with van der Waals surface area (Å²) in [5.74, 6) is 0.0284. The van der Waals surface area contributed by atoms with Crippen LogP contribution in [0.1, 0.15) is 37.1 Å². The predicted octanol–water partition coefficient (Wildman–Crippen LogP) is 3.07. The molecule has 0 aliphatic carbocycles. The highest BCUT2D eigenvalue weighted by Gasteiger charge is 2.32. The van der Waals surface area contributed by atoms with Gasteiger partial charge in [0.25, 0.3) is 0 Å². The van der Waals surface area contributed by atoms with Crippen molar-refractivity contribution in [1.29, 1.82) is 0 Å². The van der Waals surface area contributed by atoms with Crippen LogP contribution in [0.3, 0.4) is 0 Å². The molecule has 1 aromatic heterocycles. The Bertz CT molecular complexity index is 734. The number of urea groups is 1. The summed E-state index contributed by atoms with van der Waals surface area (Å²) >= 11 is 0. The zero-order valence-electron chi connectivity index (χ0n) is 16.5. The van der Waals surface area contributed by atoms with E-state index in [0.717, 1.165) is 11.3 Å². The molecular weight excluding hydrogens is 352 g/mol. The van der Waals surface area contributed by atoms with Crippen molar-refractivity contribution in [2.24, 2.45) is 5.92 Å². The lowest BCUT2D eigenvalue weighted by atomic mass is 9.93. The number of piperidine rings is 1. The Labute approximate surface area is 166 Å². The van der Waals surface area contributed by atoms with Crippen LogP contribution in [0.5, 0.6) is 0 Å². The maximum absolute atomic E-state index is 13.3. The van der Waals surface area contributed by atoms with Crippen LogP contribution in [-0.2, 0) is 4.79 Å². The number of carbonyl (C=O) groups is 2. The molecule has 148 valence electrons. The van der Waals surface area contributed by atoms with E-state index in [1.807, 2.05) is 67.4 Å². The highest BCUT2D eigenvalue weighted by atomic mass is 16.2. The van der Waals surface area contributed by atoms with Crippen LogP contribution >= 0.6 is 0 Å². The first-order valence-electron chi connectivity index (χ1n) is 9.87. The zero-order chi connectivity index (χ0) is 19.9. The lowest BCUT2D eigenvalue weighted by molar-refractivity contribution is -0.137. The molecule has 6 heteroatoms. The van der Waals surface area contributed by atoms with E-state index in [2.05, 4.69) is 10.3 Å². The van der Waals surface area contributed by atoms with E-state index in [0.29, 0.717) is 32.5 Å². The molecule has 1 saturated heterocycles. The van der Waals surface area contributed by atoms with Gasteiger partial charge in [0.2, 0.25) is 5.91 Å². The summed E-state index contributed by atoms with van der Waals surface area (Å²) in [6.45, 7) is 3.74. The number of benzene rings is 1. The van der Waals surface area contributed by atoms with Gasteiger partial charge in [0, 0.05) is 38.8 Å². The summed E-state index contributed by atoms with van der Waals surface area (Å²) in [5, 5.41) is 2.83. The van der Waals surface area contributed by atoms with Gasteiger partial charge >= 0.3 is 6.03 Å². The van der Waals surface area contributed by atoms with E-state index in [9.17, 15) is 9.59 Å². The topological polar surface area (TPSA) is 65.5 Å². The number of carbonyl (C=O) groups excluding carboxylic acids is 2. The number of likely N-dealkylation sites (tertiary alicyclic amines) is 1. The van der Waals surface area contributed by atoms with Gasteiger partial charge < -0.3 is 15.1 Å². The molecule has 0 saturated carbocycles. The molecule has 1 unspecified atom stereocenters. The number of hydrogen-bond acceptors (Lipinski definition) is 3. The van der Waals surface area contributed by atoms with Gasteiger partial charge in [-0.3, -0.25) is 9.78 Å². The third-order valence-corrected chi connectivity index (χ3v) is 5.28. The van der Waals surface area contributed by atoms with Crippen molar-refractivity contribution in [3.8, 4) is 0 Å². The number of pyridine rings is 1. The maximum atomic E-state index is 13.3. The van der Waals surface area contributed by atoms with Crippen LogP contribution in [0.2, 0.25) is 0 Å². The predicted molar refractivity (Wildman–Crippen MR) is 109 cm³/mol. The maximum Gasteiger partial charge on any atom is 0.317 e. The molecule has 0 radical (unpaired) electrons. The molecule has 6 nitrogen and oxygen atoms in total. The van der Waals surface area contributed by atoms with Gasteiger partial charge in [-0.05, 0) is 37.5 Å². The van der Waals surface area contributed by atoms with Crippen LogP contribution in [0.25, 0.3) is 0 Å². The van der Waals surface area contributed by atoms with E-state index in [1.54, 1.807) is 11.1 Å². The Balaban J connectivity index is 1.74. The van der Waals surface area contributed by atoms with Crippen molar-refractivity contribution in [2.75, 3.05) is 26.7 Å². The lowest BCUT2D eigenvalue weighted by Crippen LogP contribution is -2.47. The number of amides is 3. The van der Waals surface area contributed by atoms with Gasteiger partial charge in [0.05, 0.1) is 11.7 Å². The molecular formula is C22H28N4O2. The van der Waals surface area contributed by atoms with Crippen molar-refractivity contribution < 1.29 is 9.59 Å². The second-order valence-corrected chi connectivity index (χ2v) is 7.11. The van der Waals surface area contributed by atoms with Crippen LogP contribution < -0.4 is 5.32 Å². The van der Waals surface area contributed by atoms with Crippen molar-refractivity contribution in [3.05, 3.63) is 66.0 Å².